The number of rotatable bonds is 10. The number of nitrogens with one attached hydrogen (secondary N) is 2. The number of aliphatic imine (C=N–C) groups is 1. The van der Waals surface area contributed by atoms with Gasteiger partial charge < -0.3 is 20.3 Å². The van der Waals surface area contributed by atoms with Crippen molar-refractivity contribution in [3.8, 4) is 5.75 Å². The van der Waals surface area contributed by atoms with Crippen molar-refractivity contribution >= 4 is 5.96 Å². The first-order chi connectivity index (χ1) is 13.5. The lowest BCUT2D eigenvalue weighted by Crippen LogP contribution is -2.38. The number of alkyl halides is 3. The number of hydrogen-bond donors (Lipinski definition) is 2. The van der Waals surface area contributed by atoms with Crippen molar-refractivity contribution in [1.29, 1.82) is 0 Å². The standard InChI is InChI=1S/C20H31F3N4O/c1-2-24-19(25-11-3-4-12-27-13-5-6-14-27)26-15-17-7-9-18(10-8-17)28-16-20(21,22)23/h7-10H,2-6,11-16H2,1H3,(H2,24,25,26). The molecule has 0 unspecified atom stereocenters. The van der Waals surface area contributed by atoms with Crippen LogP contribution in [0.2, 0.25) is 0 Å². The molecule has 1 aliphatic rings. The molecule has 0 radical (unpaired) electrons. The molecule has 1 fully saturated rings. The molecular weight excluding hydrogens is 369 g/mol. The molecular formula is C20H31F3N4O. The highest BCUT2D eigenvalue weighted by atomic mass is 19.4. The van der Waals surface area contributed by atoms with Crippen molar-refractivity contribution in [3.05, 3.63) is 29.8 Å². The van der Waals surface area contributed by atoms with Crippen molar-refractivity contribution in [2.75, 3.05) is 39.3 Å². The van der Waals surface area contributed by atoms with E-state index in [1.54, 1.807) is 12.1 Å². The number of benzene rings is 1. The van der Waals surface area contributed by atoms with E-state index in [1.165, 1.54) is 44.5 Å². The maximum Gasteiger partial charge on any atom is 0.422 e. The molecule has 0 spiro atoms. The lowest BCUT2D eigenvalue weighted by molar-refractivity contribution is -0.153. The Morgan fingerprint density at radius 2 is 1.82 bits per heavy atom. The van der Waals surface area contributed by atoms with Gasteiger partial charge in [0.25, 0.3) is 0 Å². The zero-order valence-electron chi connectivity index (χ0n) is 16.5. The Morgan fingerprint density at radius 3 is 2.46 bits per heavy atom. The molecule has 2 N–H and O–H groups in total. The molecule has 1 heterocycles. The topological polar surface area (TPSA) is 48.9 Å². The van der Waals surface area contributed by atoms with Gasteiger partial charge in [-0.15, -0.1) is 0 Å². The largest absolute Gasteiger partial charge is 0.484 e. The summed E-state index contributed by atoms with van der Waals surface area (Å²) in [4.78, 5) is 7.05. The van der Waals surface area contributed by atoms with E-state index in [4.69, 9.17) is 4.74 Å². The number of likely N-dealkylation sites (tertiary alicyclic amines) is 1. The van der Waals surface area contributed by atoms with Crippen molar-refractivity contribution in [1.82, 2.24) is 15.5 Å². The third kappa shape index (κ3) is 9.30. The average Bonchev–Trinajstić information content (AvgIpc) is 3.18. The van der Waals surface area contributed by atoms with E-state index < -0.39 is 12.8 Å². The van der Waals surface area contributed by atoms with Crippen LogP contribution in [0.3, 0.4) is 0 Å². The van der Waals surface area contributed by atoms with Gasteiger partial charge in [-0.1, -0.05) is 12.1 Å². The molecule has 158 valence electrons. The molecule has 0 aromatic heterocycles. The van der Waals surface area contributed by atoms with Gasteiger partial charge in [-0.2, -0.15) is 13.2 Å². The van der Waals surface area contributed by atoms with Gasteiger partial charge in [0.1, 0.15) is 5.75 Å². The minimum Gasteiger partial charge on any atom is -0.484 e. The second-order valence-electron chi connectivity index (χ2n) is 6.93. The third-order valence-corrected chi connectivity index (χ3v) is 4.48. The van der Waals surface area contributed by atoms with Gasteiger partial charge in [-0.25, -0.2) is 4.99 Å². The minimum absolute atomic E-state index is 0.202. The highest BCUT2D eigenvalue weighted by Crippen LogP contribution is 2.19. The first-order valence-corrected chi connectivity index (χ1v) is 9.99. The number of ether oxygens (including phenoxy) is 1. The van der Waals surface area contributed by atoms with Crippen LogP contribution in [0.5, 0.6) is 5.75 Å². The first-order valence-electron chi connectivity index (χ1n) is 9.99. The van der Waals surface area contributed by atoms with Crippen molar-refractivity contribution in [2.45, 2.75) is 45.3 Å². The molecule has 0 saturated carbocycles. The van der Waals surface area contributed by atoms with Gasteiger partial charge in [0.05, 0.1) is 6.54 Å². The molecule has 1 aliphatic heterocycles. The van der Waals surface area contributed by atoms with Gasteiger partial charge >= 0.3 is 6.18 Å². The summed E-state index contributed by atoms with van der Waals surface area (Å²) < 4.78 is 41.2. The van der Waals surface area contributed by atoms with Crippen LogP contribution in [0.4, 0.5) is 13.2 Å². The lowest BCUT2D eigenvalue weighted by Gasteiger charge is -2.15. The summed E-state index contributed by atoms with van der Waals surface area (Å²) in [5.74, 6) is 0.953. The molecule has 1 aromatic rings. The monoisotopic (exact) mass is 400 g/mol. The SMILES string of the molecule is CCNC(=NCc1ccc(OCC(F)(F)F)cc1)NCCCCN1CCCC1. The van der Waals surface area contributed by atoms with E-state index in [0.29, 0.717) is 6.54 Å². The van der Waals surface area contributed by atoms with E-state index in [-0.39, 0.29) is 5.75 Å². The Morgan fingerprint density at radius 1 is 1.11 bits per heavy atom. The summed E-state index contributed by atoms with van der Waals surface area (Å²) in [7, 11) is 0. The van der Waals surface area contributed by atoms with Crippen LogP contribution in [-0.4, -0.2) is 56.4 Å². The van der Waals surface area contributed by atoms with E-state index in [2.05, 4.69) is 20.5 Å². The first kappa shape index (κ1) is 22.3. The Bertz CT molecular complexity index is 584. The quantitative estimate of drug-likeness (QED) is 0.358. The van der Waals surface area contributed by atoms with Gasteiger partial charge in [0.2, 0.25) is 0 Å². The molecule has 8 heteroatoms. The number of nitrogens with zero attached hydrogens (tertiary/aromatic N) is 2. The smallest absolute Gasteiger partial charge is 0.422 e. The predicted molar refractivity (Wildman–Crippen MR) is 106 cm³/mol. The Kier molecular flexibility index (Phi) is 9.40. The molecule has 0 bridgehead atoms. The zero-order valence-corrected chi connectivity index (χ0v) is 16.5. The van der Waals surface area contributed by atoms with Crippen LogP contribution < -0.4 is 15.4 Å². The second-order valence-corrected chi connectivity index (χ2v) is 6.93. The van der Waals surface area contributed by atoms with Crippen molar-refractivity contribution in [2.24, 2.45) is 4.99 Å². The fraction of sp³-hybridized carbons (Fsp3) is 0.650. The van der Waals surface area contributed by atoms with Crippen molar-refractivity contribution < 1.29 is 17.9 Å². The van der Waals surface area contributed by atoms with Crippen LogP contribution in [0.1, 0.15) is 38.2 Å². The predicted octanol–water partition coefficient (Wildman–Crippen LogP) is 3.56. The summed E-state index contributed by atoms with van der Waals surface area (Å²) in [5.41, 5.74) is 0.908. The zero-order chi connectivity index (χ0) is 20.2. The molecule has 5 nitrogen and oxygen atoms in total. The highest BCUT2D eigenvalue weighted by Gasteiger charge is 2.28. The highest BCUT2D eigenvalue weighted by molar-refractivity contribution is 5.79. The molecule has 0 atom stereocenters. The number of unbranched alkanes of at least 4 members (excludes halogenated alkanes) is 1. The normalized spacial score (nSPS) is 15.6. The van der Waals surface area contributed by atoms with E-state index >= 15 is 0 Å². The van der Waals surface area contributed by atoms with Crippen LogP contribution in [0.25, 0.3) is 0 Å². The Hall–Kier alpha value is -1.96. The Labute approximate surface area is 165 Å². The van der Waals surface area contributed by atoms with E-state index in [0.717, 1.165) is 37.6 Å². The molecule has 0 aliphatic carbocycles. The lowest BCUT2D eigenvalue weighted by atomic mass is 10.2. The molecule has 1 aromatic carbocycles. The summed E-state index contributed by atoms with van der Waals surface area (Å²) >= 11 is 0. The summed E-state index contributed by atoms with van der Waals surface area (Å²) in [6.45, 7) is 6.44. The fourth-order valence-corrected chi connectivity index (χ4v) is 3.04. The van der Waals surface area contributed by atoms with E-state index in [1.807, 2.05) is 6.92 Å². The van der Waals surface area contributed by atoms with Gasteiger partial charge in [0.15, 0.2) is 12.6 Å². The molecule has 28 heavy (non-hydrogen) atoms. The third-order valence-electron chi connectivity index (χ3n) is 4.48. The Balaban J connectivity index is 1.71. The van der Waals surface area contributed by atoms with Crippen LogP contribution in [0, 0.1) is 0 Å². The van der Waals surface area contributed by atoms with Crippen LogP contribution >= 0.6 is 0 Å². The molecule has 1 saturated heterocycles. The fourth-order valence-electron chi connectivity index (χ4n) is 3.04. The van der Waals surface area contributed by atoms with Crippen molar-refractivity contribution in [3.63, 3.8) is 0 Å². The minimum atomic E-state index is -4.33. The van der Waals surface area contributed by atoms with Gasteiger partial charge in [0, 0.05) is 13.1 Å². The summed E-state index contributed by atoms with van der Waals surface area (Å²) in [5, 5.41) is 6.55. The number of halogens is 3. The summed E-state index contributed by atoms with van der Waals surface area (Å²) in [6.07, 6.45) is 0.581. The molecule has 0 amide bonds. The number of guanidine groups is 1. The average molecular weight is 400 g/mol. The van der Waals surface area contributed by atoms with Gasteiger partial charge in [-0.3, -0.25) is 0 Å². The number of hydrogen-bond acceptors (Lipinski definition) is 3. The second kappa shape index (κ2) is 11.8. The maximum atomic E-state index is 12.2. The maximum absolute atomic E-state index is 12.2. The van der Waals surface area contributed by atoms with Crippen LogP contribution in [0.15, 0.2) is 29.3 Å². The summed E-state index contributed by atoms with van der Waals surface area (Å²) in [6, 6.07) is 6.54. The molecule has 2 rings (SSSR count). The van der Waals surface area contributed by atoms with E-state index in [9.17, 15) is 13.2 Å². The van der Waals surface area contributed by atoms with Crippen LogP contribution in [-0.2, 0) is 6.54 Å². The van der Waals surface area contributed by atoms with Gasteiger partial charge in [-0.05, 0) is 69.9 Å².